The van der Waals surface area contributed by atoms with Gasteiger partial charge in [-0.05, 0) is 36.7 Å². The number of hydrogen-bond donors (Lipinski definition) is 1. The number of rotatable bonds is 7. The Morgan fingerprint density at radius 3 is 2.35 bits per heavy atom. The predicted octanol–water partition coefficient (Wildman–Crippen LogP) is 1.25. The van der Waals surface area contributed by atoms with Crippen molar-refractivity contribution < 1.29 is 24.1 Å². The molecule has 1 aliphatic rings. The van der Waals surface area contributed by atoms with Crippen LogP contribution in [0, 0.1) is 0 Å². The fourth-order valence-corrected chi connectivity index (χ4v) is 3.03. The van der Waals surface area contributed by atoms with Crippen LogP contribution in [0.1, 0.15) is 12.0 Å². The van der Waals surface area contributed by atoms with E-state index in [1.165, 1.54) is 0 Å². The van der Waals surface area contributed by atoms with Crippen molar-refractivity contribution in [2.24, 2.45) is 0 Å². The summed E-state index contributed by atoms with van der Waals surface area (Å²) in [6.45, 7) is 3.88. The molecule has 26 heavy (non-hydrogen) atoms. The number of amides is 1. The summed E-state index contributed by atoms with van der Waals surface area (Å²) in [6.07, 6.45) is 4.23. The van der Waals surface area contributed by atoms with Crippen molar-refractivity contribution in [3.63, 3.8) is 0 Å². The van der Waals surface area contributed by atoms with Gasteiger partial charge >= 0.3 is 0 Å². The molecule has 1 saturated heterocycles. The van der Waals surface area contributed by atoms with Crippen LogP contribution in [0.15, 0.2) is 18.2 Å². The van der Waals surface area contributed by atoms with Crippen molar-refractivity contribution in [1.82, 2.24) is 9.80 Å². The Balaban J connectivity index is 2.07. The van der Waals surface area contributed by atoms with Crippen molar-refractivity contribution in [1.29, 1.82) is 0 Å². The molecular weight excluding hydrogens is 336 g/mol. The zero-order chi connectivity index (χ0) is 18.9. The van der Waals surface area contributed by atoms with Gasteiger partial charge in [-0.2, -0.15) is 0 Å². The number of nitrogens with zero attached hydrogens (tertiary/aromatic N) is 2. The van der Waals surface area contributed by atoms with Crippen molar-refractivity contribution in [2.75, 3.05) is 60.7 Å². The number of carbonyl (C=O) groups is 1. The van der Waals surface area contributed by atoms with Gasteiger partial charge in [-0.3, -0.25) is 9.69 Å². The minimum absolute atomic E-state index is 0.0235. The number of hydrogen-bond acceptors (Lipinski definition) is 6. The van der Waals surface area contributed by atoms with Gasteiger partial charge in [0.2, 0.25) is 11.7 Å². The molecule has 0 aromatic heterocycles. The molecular formula is C19H28N2O5. The molecule has 1 fully saturated rings. The highest BCUT2D eigenvalue weighted by Crippen LogP contribution is 2.38. The second-order valence-electron chi connectivity index (χ2n) is 6.04. The van der Waals surface area contributed by atoms with Crippen LogP contribution in [0.4, 0.5) is 0 Å². The van der Waals surface area contributed by atoms with Gasteiger partial charge in [0.15, 0.2) is 11.5 Å². The Hall–Kier alpha value is -2.25. The summed E-state index contributed by atoms with van der Waals surface area (Å²) in [5.74, 6) is 1.60. The highest BCUT2D eigenvalue weighted by Gasteiger charge is 2.17. The van der Waals surface area contributed by atoms with E-state index in [1.807, 2.05) is 4.90 Å². The summed E-state index contributed by atoms with van der Waals surface area (Å²) < 4.78 is 16.0. The molecule has 1 heterocycles. The Labute approximate surface area is 154 Å². The quantitative estimate of drug-likeness (QED) is 0.735. The molecule has 1 aromatic rings. The molecule has 0 atom stereocenters. The van der Waals surface area contributed by atoms with Gasteiger partial charge in [0, 0.05) is 32.3 Å². The number of aliphatic hydroxyl groups excluding tert-OH is 1. The van der Waals surface area contributed by atoms with Crippen LogP contribution in [0.3, 0.4) is 0 Å². The Morgan fingerprint density at radius 1 is 1.08 bits per heavy atom. The van der Waals surface area contributed by atoms with Gasteiger partial charge in [0.25, 0.3) is 0 Å². The number of β-amino-alcohol motifs (C(OH)–C–C–N with tert-alkyl or cyclic N) is 1. The first-order valence-electron chi connectivity index (χ1n) is 8.73. The maximum atomic E-state index is 12.5. The summed E-state index contributed by atoms with van der Waals surface area (Å²) >= 11 is 0. The average molecular weight is 364 g/mol. The molecule has 0 unspecified atom stereocenters. The Bertz CT molecular complexity index is 607. The molecule has 1 amide bonds. The molecule has 0 spiro atoms. The normalized spacial score (nSPS) is 15.8. The number of aliphatic hydroxyl groups is 1. The summed E-state index contributed by atoms with van der Waals surface area (Å²) in [5, 5.41) is 9.06. The molecule has 144 valence electrons. The first kappa shape index (κ1) is 20.1. The second-order valence-corrected chi connectivity index (χ2v) is 6.04. The van der Waals surface area contributed by atoms with Crippen molar-refractivity contribution in [3.05, 3.63) is 23.8 Å². The van der Waals surface area contributed by atoms with Crippen LogP contribution in [0.5, 0.6) is 17.2 Å². The molecule has 0 aliphatic carbocycles. The maximum Gasteiger partial charge on any atom is 0.246 e. The minimum Gasteiger partial charge on any atom is -0.493 e. The number of ether oxygens (including phenoxy) is 3. The van der Waals surface area contributed by atoms with Gasteiger partial charge in [-0.15, -0.1) is 0 Å². The summed E-state index contributed by atoms with van der Waals surface area (Å²) in [6, 6.07) is 3.60. The van der Waals surface area contributed by atoms with Crippen LogP contribution in [0.2, 0.25) is 0 Å². The van der Waals surface area contributed by atoms with Gasteiger partial charge in [-0.25, -0.2) is 0 Å². The van der Waals surface area contributed by atoms with Crippen LogP contribution < -0.4 is 14.2 Å². The average Bonchev–Trinajstić information content (AvgIpc) is 2.91. The van der Waals surface area contributed by atoms with Crippen LogP contribution in [-0.4, -0.2) is 81.5 Å². The summed E-state index contributed by atoms with van der Waals surface area (Å²) in [4.78, 5) is 16.5. The van der Waals surface area contributed by atoms with E-state index in [2.05, 4.69) is 4.90 Å². The second kappa shape index (κ2) is 10.0. The molecule has 1 aromatic carbocycles. The molecule has 1 aliphatic heterocycles. The topological polar surface area (TPSA) is 71.5 Å². The molecule has 0 saturated carbocycles. The van der Waals surface area contributed by atoms with Gasteiger partial charge in [0.05, 0.1) is 27.9 Å². The van der Waals surface area contributed by atoms with Crippen LogP contribution >= 0.6 is 0 Å². The molecule has 0 bridgehead atoms. The van der Waals surface area contributed by atoms with Crippen molar-refractivity contribution in [2.45, 2.75) is 6.42 Å². The fraction of sp³-hybridized carbons (Fsp3) is 0.526. The zero-order valence-electron chi connectivity index (χ0n) is 15.7. The van der Waals surface area contributed by atoms with Crippen LogP contribution in [0.25, 0.3) is 6.08 Å². The van der Waals surface area contributed by atoms with Crippen molar-refractivity contribution >= 4 is 12.0 Å². The van der Waals surface area contributed by atoms with Gasteiger partial charge in [-0.1, -0.05) is 0 Å². The predicted molar refractivity (Wildman–Crippen MR) is 99.9 cm³/mol. The highest BCUT2D eigenvalue weighted by atomic mass is 16.5. The lowest BCUT2D eigenvalue weighted by molar-refractivity contribution is -0.125. The van der Waals surface area contributed by atoms with E-state index in [0.717, 1.165) is 31.6 Å². The molecule has 0 radical (unpaired) electrons. The monoisotopic (exact) mass is 364 g/mol. The lowest BCUT2D eigenvalue weighted by Crippen LogP contribution is -2.35. The molecule has 2 rings (SSSR count). The van der Waals surface area contributed by atoms with E-state index in [1.54, 1.807) is 45.6 Å². The number of carbonyl (C=O) groups excluding carboxylic acids is 1. The molecule has 7 nitrogen and oxygen atoms in total. The third-order valence-corrected chi connectivity index (χ3v) is 4.42. The van der Waals surface area contributed by atoms with Crippen LogP contribution in [-0.2, 0) is 4.79 Å². The van der Waals surface area contributed by atoms with E-state index < -0.39 is 0 Å². The number of benzene rings is 1. The molecule has 1 N–H and O–H groups in total. The largest absolute Gasteiger partial charge is 0.493 e. The zero-order valence-corrected chi connectivity index (χ0v) is 15.7. The third kappa shape index (κ3) is 5.12. The van der Waals surface area contributed by atoms with E-state index in [4.69, 9.17) is 19.3 Å². The van der Waals surface area contributed by atoms with E-state index in [-0.39, 0.29) is 12.5 Å². The van der Waals surface area contributed by atoms with E-state index in [9.17, 15) is 4.79 Å². The molecule has 7 heteroatoms. The van der Waals surface area contributed by atoms with E-state index >= 15 is 0 Å². The Morgan fingerprint density at radius 2 is 1.77 bits per heavy atom. The van der Waals surface area contributed by atoms with Crippen molar-refractivity contribution in [3.8, 4) is 17.2 Å². The van der Waals surface area contributed by atoms with Gasteiger partial charge < -0.3 is 24.2 Å². The maximum absolute atomic E-state index is 12.5. The Kier molecular flexibility index (Phi) is 7.74. The fourth-order valence-electron chi connectivity index (χ4n) is 3.03. The first-order valence-corrected chi connectivity index (χ1v) is 8.73. The standard InChI is InChI=1S/C19H28N2O5/c1-24-16-13-15(14-17(25-2)19(16)26-3)5-6-18(23)21-8-4-7-20(9-10-21)11-12-22/h5-6,13-14,22H,4,7-12H2,1-3H3/b6-5+. The highest BCUT2D eigenvalue weighted by molar-refractivity contribution is 5.92. The van der Waals surface area contributed by atoms with Gasteiger partial charge in [0.1, 0.15) is 0 Å². The lowest BCUT2D eigenvalue weighted by atomic mass is 10.1. The SMILES string of the molecule is COc1cc(/C=C/C(=O)N2CCCN(CCO)CC2)cc(OC)c1OC. The third-order valence-electron chi connectivity index (χ3n) is 4.42. The summed E-state index contributed by atoms with van der Waals surface area (Å²) in [5.41, 5.74) is 0.796. The minimum atomic E-state index is -0.0235. The summed E-state index contributed by atoms with van der Waals surface area (Å²) in [7, 11) is 4.68. The van der Waals surface area contributed by atoms with E-state index in [0.29, 0.717) is 30.3 Å². The number of methoxy groups -OCH3 is 3. The smallest absolute Gasteiger partial charge is 0.246 e. The first-order chi connectivity index (χ1) is 12.6. The lowest BCUT2D eigenvalue weighted by Gasteiger charge is -2.20.